The highest BCUT2D eigenvalue weighted by Crippen LogP contribution is 2.41. The number of rotatable bonds is 4. The molecule has 29 heavy (non-hydrogen) atoms. The van der Waals surface area contributed by atoms with Crippen LogP contribution in [-0.4, -0.2) is 15.6 Å². The van der Waals surface area contributed by atoms with Crippen molar-refractivity contribution in [1.82, 2.24) is 4.57 Å². The molecule has 1 aromatic carbocycles. The predicted octanol–water partition coefficient (Wildman–Crippen LogP) is 6.12. The normalized spacial score (nSPS) is 19.8. The van der Waals surface area contributed by atoms with Gasteiger partial charge in [-0.3, -0.25) is 0 Å². The van der Waals surface area contributed by atoms with Gasteiger partial charge in [0.05, 0.1) is 17.6 Å². The van der Waals surface area contributed by atoms with E-state index in [1.165, 1.54) is 56.0 Å². The molecule has 2 aliphatic carbocycles. The molecule has 0 spiro atoms. The first-order chi connectivity index (χ1) is 14.2. The van der Waals surface area contributed by atoms with Gasteiger partial charge >= 0.3 is 5.97 Å². The maximum Gasteiger partial charge on any atom is 0.374 e. The molecule has 0 bridgehead atoms. The Morgan fingerprint density at radius 1 is 1.00 bits per heavy atom. The molecule has 2 heterocycles. The summed E-state index contributed by atoms with van der Waals surface area (Å²) >= 11 is 0. The fourth-order valence-corrected chi connectivity index (χ4v) is 5.50. The Kier molecular flexibility index (Phi) is 4.78. The van der Waals surface area contributed by atoms with Crippen molar-refractivity contribution in [3.63, 3.8) is 0 Å². The van der Waals surface area contributed by atoms with E-state index in [9.17, 15) is 9.90 Å². The fourth-order valence-electron chi connectivity index (χ4n) is 5.50. The minimum atomic E-state index is -1.03. The molecule has 4 nitrogen and oxygen atoms in total. The summed E-state index contributed by atoms with van der Waals surface area (Å²) in [7, 11) is 0. The minimum Gasteiger partial charge on any atom is -0.475 e. The van der Waals surface area contributed by atoms with Crippen LogP contribution in [0.2, 0.25) is 0 Å². The number of nitrogens with zero attached hydrogens (tertiary/aromatic N) is 1. The third-order valence-electron chi connectivity index (χ3n) is 6.89. The number of carbonyl (C=O) groups is 1. The summed E-state index contributed by atoms with van der Waals surface area (Å²) in [5.74, 6) is 0.590. The van der Waals surface area contributed by atoms with E-state index in [2.05, 4.69) is 22.8 Å². The monoisotopic (exact) mass is 389 g/mol. The van der Waals surface area contributed by atoms with Crippen LogP contribution >= 0.6 is 0 Å². The molecule has 0 aliphatic heterocycles. The molecule has 150 valence electrons. The van der Waals surface area contributed by atoms with Crippen LogP contribution in [0.1, 0.15) is 60.3 Å². The number of carboxylic acids is 1. The van der Waals surface area contributed by atoms with E-state index in [0.29, 0.717) is 5.69 Å². The molecule has 4 heteroatoms. The smallest absolute Gasteiger partial charge is 0.374 e. The van der Waals surface area contributed by atoms with Crippen molar-refractivity contribution in [3.8, 4) is 16.9 Å². The molecule has 1 unspecified atom stereocenters. The van der Waals surface area contributed by atoms with E-state index in [-0.39, 0.29) is 5.76 Å². The average Bonchev–Trinajstić information content (AvgIpc) is 3.39. The SMILES string of the molecule is O=C(O)c1occc1-n1c(-c2ccccc2)cc2c1CCC(C1CCCCC1)C2. The first-order valence-corrected chi connectivity index (χ1v) is 10.8. The molecule has 1 N–H and O–H groups in total. The molecule has 0 saturated heterocycles. The van der Waals surface area contributed by atoms with E-state index in [0.717, 1.165) is 35.9 Å². The number of benzene rings is 1. The Balaban J connectivity index is 1.60. The summed E-state index contributed by atoms with van der Waals surface area (Å²) < 4.78 is 7.46. The van der Waals surface area contributed by atoms with Crippen molar-refractivity contribution in [2.45, 2.75) is 51.4 Å². The van der Waals surface area contributed by atoms with Crippen LogP contribution in [-0.2, 0) is 12.8 Å². The lowest BCUT2D eigenvalue weighted by molar-refractivity contribution is 0.0662. The Hall–Kier alpha value is -2.75. The zero-order valence-corrected chi connectivity index (χ0v) is 16.6. The molecule has 5 rings (SSSR count). The lowest BCUT2D eigenvalue weighted by Crippen LogP contribution is -2.25. The second-order valence-corrected chi connectivity index (χ2v) is 8.54. The van der Waals surface area contributed by atoms with Crippen LogP contribution in [0.4, 0.5) is 0 Å². The molecule has 1 fully saturated rings. The van der Waals surface area contributed by atoms with Crippen LogP contribution in [0.15, 0.2) is 53.1 Å². The van der Waals surface area contributed by atoms with Crippen molar-refractivity contribution < 1.29 is 14.3 Å². The lowest BCUT2D eigenvalue weighted by Gasteiger charge is -2.33. The molecular formula is C25H27NO3. The van der Waals surface area contributed by atoms with Crippen LogP contribution in [0.3, 0.4) is 0 Å². The lowest BCUT2D eigenvalue weighted by atomic mass is 9.73. The minimum absolute atomic E-state index is 0.00925. The fraction of sp³-hybridized carbons (Fsp3) is 0.400. The Labute approximate surface area is 171 Å². The largest absolute Gasteiger partial charge is 0.475 e. The molecule has 0 amide bonds. The van der Waals surface area contributed by atoms with E-state index in [4.69, 9.17) is 4.42 Å². The Bertz CT molecular complexity index is 1010. The molecular weight excluding hydrogens is 362 g/mol. The van der Waals surface area contributed by atoms with E-state index >= 15 is 0 Å². The summed E-state index contributed by atoms with van der Waals surface area (Å²) in [5, 5.41) is 9.62. The van der Waals surface area contributed by atoms with Gasteiger partial charge in [0.15, 0.2) is 0 Å². The van der Waals surface area contributed by atoms with E-state index in [1.54, 1.807) is 6.07 Å². The number of aromatic nitrogens is 1. The standard InChI is InChI=1S/C25H27NO3/c27-25(28)24-22(13-14-29-24)26-21-12-11-19(17-7-3-1-4-8-17)15-20(21)16-23(26)18-9-5-2-6-10-18/h2,5-6,9-10,13-14,16-17,19H,1,3-4,7-8,11-12,15H2,(H,27,28). The third-order valence-corrected chi connectivity index (χ3v) is 6.89. The quantitative estimate of drug-likeness (QED) is 0.585. The van der Waals surface area contributed by atoms with Crippen LogP contribution < -0.4 is 0 Å². The highest BCUT2D eigenvalue weighted by molar-refractivity contribution is 5.89. The number of aromatic carboxylic acids is 1. The molecule has 3 aromatic rings. The van der Waals surface area contributed by atoms with Gasteiger partial charge < -0.3 is 14.1 Å². The van der Waals surface area contributed by atoms with Crippen molar-refractivity contribution in [2.75, 3.05) is 0 Å². The first kappa shape index (κ1) is 18.3. The maximum atomic E-state index is 11.7. The summed E-state index contributed by atoms with van der Waals surface area (Å²) in [5.41, 5.74) is 5.43. The molecule has 2 aromatic heterocycles. The van der Waals surface area contributed by atoms with Crippen molar-refractivity contribution in [1.29, 1.82) is 0 Å². The second-order valence-electron chi connectivity index (χ2n) is 8.54. The average molecular weight is 389 g/mol. The summed E-state index contributed by atoms with van der Waals surface area (Å²) in [6.45, 7) is 0. The number of hydrogen-bond donors (Lipinski definition) is 1. The second kappa shape index (κ2) is 7.58. The number of carboxylic acid groups (broad SMARTS) is 1. The predicted molar refractivity (Wildman–Crippen MR) is 113 cm³/mol. The summed E-state index contributed by atoms with van der Waals surface area (Å²) in [6, 6.07) is 14.3. The molecule has 2 aliphatic rings. The highest BCUT2D eigenvalue weighted by atomic mass is 16.4. The Morgan fingerprint density at radius 2 is 1.79 bits per heavy atom. The Morgan fingerprint density at radius 3 is 2.55 bits per heavy atom. The zero-order chi connectivity index (χ0) is 19.8. The molecule has 0 radical (unpaired) electrons. The van der Waals surface area contributed by atoms with Gasteiger partial charge in [0.1, 0.15) is 0 Å². The highest BCUT2D eigenvalue weighted by Gasteiger charge is 2.31. The van der Waals surface area contributed by atoms with E-state index < -0.39 is 5.97 Å². The van der Waals surface area contributed by atoms with Crippen molar-refractivity contribution in [2.24, 2.45) is 11.8 Å². The number of hydrogen-bond acceptors (Lipinski definition) is 2. The van der Waals surface area contributed by atoms with Gasteiger partial charge in [0.25, 0.3) is 0 Å². The van der Waals surface area contributed by atoms with Gasteiger partial charge in [-0.25, -0.2) is 4.79 Å². The number of furan rings is 1. The third kappa shape index (κ3) is 3.31. The van der Waals surface area contributed by atoms with Gasteiger partial charge in [-0.05, 0) is 48.3 Å². The first-order valence-electron chi connectivity index (χ1n) is 10.8. The number of fused-ring (bicyclic) bond motifs is 1. The summed E-state index contributed by atoms with van der Waals surface area (Å²) in [6.07, 6.45) is 11.7. The van der Waals surface area contributed by atoms with Crippen molar-refractivity contribution >= 4 is 5.97 Å². The van der Waals surface area contributed by atoms with Crippen molar-refractivity contribution in [3.05, 3.63) is 65.7 Å². The molecule has 1 saturated carbocycles. The van der Waals surface area contributed by atoms with Crippen LogP contribution in [0, 0.1) is 11.8 Å². The molecule has 1 atom stereocenters. The topological polar surface area (TPSA) is 55.4 Å². The van der Waals surface area contributed by atoms with Crippen LogP contribution in [0.25, 0.3) is 16.9 Å². The van der Waals surface area contributed by atoms with Gasteiger partial charge in [-0.1, -0.05) is 62.4 Å². The maximum absolute atomic E-state index is 11.7. The van der Waals surface area contributed by atoms with Gasteiger partial charge in [-0.15, -0.1) is 0 Å². The summed E-state index contributed by atoms with van der Waals surface area (Å²) in [4.78, 5) is 11.7. The van der Waals surface area contributed by atoms with E-state index in [1.807, 2.05) is 18.2 Å². The van der Waals surface area contributed by atoms with Gasteiger partial charge in [-0.2, -0.15) is 0 Å². The van der Waals surface area contributed by atoms with Gasteiger partial charge in [0.2, 0.25) is 5.76 Å². The zero-order valence-electron chi connectivity index (χ0n) is 16.6. The van der Waals surface area contributed by atoms with Crippen LogP contribution in [0.5, 0.6) is 0 Å². The van der Waals surface area contributed by atoms with Gasteiger partial charge in [0, 0.05) is 11.8 Å².